The number of rotatable bonds is 6. The zero-order chi connectivity index (χ0) is 22.1. The predicted octanol–water partition coefficient (Wildman–Crippen LogP) is 5.12. The standard InChI is InChI=1S/C23H19ClN2O4S/c1-13-6-7-14(24)9-18(13)26-22(27)20(19-5-4-8-31-19)21(23(26)28)25-15-10-16(29-2)12-17(11-15)30-3/h4-12,25H,1-3H3. The van der Waals surface area contributed by atoms with Crippen molar-refractivity contribution in [3.05, 3.63) is 75.1 Å². The molecule has 1 aliphatic heterocycles. The normalized spacial score (nSPS) is 13.7. The molecular formula is C23H19ClN2O4S. The van der Waals surface area contributed by atoms with Gasteiger partial charge in [0, 0.05) is 33.8 Å². The topological polar surface area (TPSA) is 67.9 Å². The van der Waals surface area contributed by atoms with E-state index in [2.05, 4.69) is 5.32 Å². The van der Waals surface area contributed by atoms with Crippen molar-refractivity contribution in [2.24, 2.45) is 0 Å². The van der Waals surface area contributed by atoms with Gasteiger partial charge in [0.05, 0.1) is 25.5 Å². The molecule has 2 heterocycles. The zero-order valence-corrected chi connectivity index (χ0v) is 18.6. The number of amides is 2. The van der Waals surface area contributed by atoms with Crippen molar-refractivity contribution in [2.45, 2.75) is 6.92 Å². The van der Waals surface area contributed by atoms with E-state index in [0.29, 0.717) is 38.3 Å². The number of methoxy groups -OCH3 is 2. The molecule has 6 nitrogen and oxygen atoms in total. The lowest BCUT2D eigenvalue weighted by atomic mass is 10.1. The SMILES string of the molecule is COc1cc(NC2=C(c3cccs3)C(=O)N(c3cc(Cl)ccc3C)C2=O)cc(OC)c1. The largest absolute Gasteiger partial charge is 0.497 e. The minimum atomic E-state index is -0.458. The smallest absolute Gasteiger partial charge is 0.282 e. The average molecular weight is 455 g/mol. The van der Waals surface area contributed by atoms with Gasteiger partial charge in [-0.3, -0.25) is 9.59 Å². The fraction of sp³-hybridized carbons (Fsp3) is 0.130. The van der Waals surface area contributed by atoms with Crippen LogP contribution in [0.3, 0.4) is 0 Å². The number of aryl methyl sites for hydroxylation is 1. The summed E-state index contributed by atoms with van der Waals surface area (Å²) in [6.45, 7) is 1.83. The van der Waals surface area contributed by atoms with Gasteiger partial charge in [0.25, 0.3) is 11.8 Å². The summed E-state index contributed by atoms with van der Waals surface area (Å²) in [6, 6.07) is 14.0. The van der Waals surface area contributed by atoms with E-state index in [-0.39, 0.29) is 5.70 Å². The van der Waals surface area contributed by atoms with Crippen LogP contribution in [-0.4, -0.2) is 26.0 Å². The molecule has 2 aromatic carbocycles. The van der Waals surface area contributed by atoms with Crippen LogP contribution in [-0.2, 0) is 9.59 Å². The van der Waals surface area contributed by atoms with Crippen LogP contribution in [0.2, 0.25) is 5.02 Å². The second-order valence-electron chi connectivity index (χ2n) is 6.83. The third-order valence-electron chi connectivity index (χ3n) is 4.88. The number of imide groups is 1. The van der Waals surface area contributed by atoms with Crippen LogP contribution in [0.15, 0.2) is 59.6 Å². The van der Waals surface area contributed by atoms with Gasteiger partial charge in [0.1, 0.15) is 17.2 Å². The average Bonchev–Trinajstić information content (AvgIpc) is 3.36. The summed E-state index contributed by atoms with van der Waals surface area (Å²) in [5.74, 6) is 0.245. The molecule has 158 valence electrons. The van der Waals surface area contributed by atoms with Crippen LogP contribution in [0.4, 0.5) is 11.4 Å². The number of benzene rings is 2. The number of nitrogens with zero attached hydrogens (tertiary/aromatic N) is 1. The molecule has 2 amide bonds. The van der Waals surface area contributed by atoms with Gasteiger partial charge in [-0.25, -0.2) is 4.90 Å². The highest BCUT2D eigenvalue weighted by Crippen LogP contribution is 2.38. The summed E-state index contributed by atoms with van der Waals surface area (Å²) < 4.78 is 10.6. The minimum Gasteiger partial charge on any atom is -0.497 e. The highest BCUT2D eigenvalue weighted by molar-refractivity contribution is 7.11. The lowest BCUT2D eigenvalue weighted by Crippen LogP contribution is -2.33. The van der Waals surface area contributed by atoms with E-state index in [9.17, 15) is 9.59 Å². The van der Waals surface area contributed by atoms with Crippen molar-refractivity contribution in [3.8, 4) is 11.5 Å². The molecule has 0 saturated carbocycles. The van der Waals surface area contributed by atoms with E-state index >= 15 is 0 Å². The summed E-state index contributed by atoms with van der Waals surface area (Å²) in [6.07, 6.45) is 0. The van der Waals surface area contributed by atoms with Crippen molar-refractivity contribution < 1.29 is 19.1 Å². The van der Waals surface area contributed by atoms with Gasteiger partial charge in [-0.15, -0.1) is 11.3 Å². The maximum absolute atomic E-state index is 13.5. The first kappa shape index (κ1) is 21.0. The summed E-state index contributed by atoms with van der Waals surface area (Å²) in [5.41, 5.74) is 2.27. The van der Waals surface area contributed by atoms with Crippen molar-refractivity contribution >= 4 is 51.7 Å². The molecule has 31 heavy (non-hydrogen) atoms. The fourth-order valence-corrected chi connectivity index (χ4v) is 4.30. The predicted molar refractivity (Wildman–Crippen MR) is 123 cm³/mol. The van der Waals surface area contributed by atoms with Crippen molar-refractivity contribution in [2.75, 3.05) is 24.4 Å². The van der Waals surface area contributed by atoms with Gasteiger partial charge in [-0.05, 0) is 36.1 Å². The van der Waals surface area contributed by atoms with Gasteiger partial charge in [-0.2, -0.15) is 0 Å². The Morgan fingerprint density at radius 1 is 0.968 bits per heavy atom. The number of carbonyl (C=O) groups excluding carboxylic acids is 2. The summed E-state index contributed by atoms with van der Waals surface area (Å²) >= 11 is 7.54. The zero-order valence-electron chi connectivity index (χ0n) is 17.1. The minimum absolute atomic E-state index is 0.183. The molecule has 0 bridgehead atoms. The number of ether oxygens (including phenoxy) is 2. The first-order valence-corrected chi connectivity index (χ1v) is 10.6. The molecule has 0 spiro atoms. The van der Waals surface area contributed by atoms with Gasteiger partial charge in [0.15, 0.2) is 0 Å². The van der Waals surface area contributed by atoms with Crippen LogP contribution >= 0.6 is 22.9 Å². The van der Waals surface area contributed by atoms with Crippen LogP contribution in [0, 0.1) is 6.92 Å². The number of thiophene rings is 1. The molecule has 8 heteroatoms. The van der Waals surface area contributed by atoms with Gasteiger partial charge >= 0.3 is 0 Å². The van der Waals surface area contributed by atoms with Crippen molar-refractivity contribution in [3.63, 3.8) is 0 Å². The monoisotopic (exact) mass is 454 g/mol. The third-order valence-corrected chi connectivity index (χ3v) is 6.01. The van der Waals surface area contributed by atoms with E-state index in [1.54, 1.807) is 50.6 Å². The Hall–Kier alpha value is -3.29. The second kappa shape index (κ2) is 8.45. The maximum atomic E-state index is 13.5. The maximum Gasteiger partial charge on any atom is 0.282 e. The lowest BCUT2D eigenvalue weighted by molar-refractivity contribution is -0.120. The van der Waals surface area contributed by atoms with Gasteiger partial charge in [-0.1, -0.05) is 23.7 Å². The summed E-state index contributed by atoms with van der Waals surface area (Å²) in [5, 5.41) is 5.43. The van der Waals surface area contributed by atoms with E-state index in [4.69, 9.17) is 21.1 Å². The Bertz CT molecular complexity index is 1180. The Morgan fingerprint density at radius 3 is 2.29 bits per heavy atom. The molecule has 0 saturated heterocycles. The van der Waals surface area contributed by atoms with Crippen molar-refractivity contribution in [1.29, 1.82) is 0 Å². The van der Waals surface area contributed by atoms with E-state index in [0.717, 1.165) is 10.5 Å². The number of halogens is 1. The molecule has 0 unspecified atom stereocenters. The molecule has 1 aromatic heterocycles. The molecule has 0 radical (unpaired) electrons. The lowest BCUT2D eigenvalue weighted by Gasteiger charge is -2.18. The number of hydrogen-bond donors (Lipinski definition) is 1. The van der Waals surface area contributed by atoms with Gasteiger partial charge < -0.3 is 14.8 Å². The third kappa shape index (κ3) is 3.89. The molecule has 0 aliphatic carbocycles. The molecule has 4 rings (SSSR count). The number of nitrogens with one attached hydrogen (secondary N) is 1. The van der Waals surface area contributed by atoms with Crippen LogP contribution in [0.1, 0.15) is 10.4 Å². The Labute approximate surface area is 188 Å². The van der Waals surface area contributed by atoms with Crippen LogP contribution in [0.25, 0.3) is 5.57 Å². The van der Waals surface area contributed by atoms with Gasteiger partial charge in [0.2, 0.25) is 0 Å². The number of anilines is 2. The molecule has 1 N–H and O–H groups in total. The molecule has 0 atom stereocenters. The van der Waals surface area contributed by atoms with Crippen LogP contribution in [0.5, 0.6) is 11.5 Å². The highest BCUT2D eigenvalue weighted by Gasteiger charge is 2.41. The Balaban J connectivity index is 1.82. The summed E-state index contributed by atoms with van der Waals surface area (Å²) in [4.78, 5) is 28.8. The first-order chi connectivity index (χ1) is 14.9. The Kier molecular flexibility index (Phi) is 5.71. The van der Waals surface area contributed by atoms with E-state index < -0.39 is 11.8 Å². The molecule has 1 aliphatic rings. The van der Waals surface area contributed by atoms with Crippen LogP contribution < -0.4 is 19.7 Å². The second-order valence-corrected chi connectivity index (χ2v) is 8.21. The Morgan fingerprint density at radius 2 is 1.68 bits per heavy atom. The number of hydrogen-bond acceptors (Lipinski definition) is 6. The number of carbonyl (C=O) groups is 2. The molecular weight excluding hydrogens is 436 g/mol. The molecule has 0 fully saturated rings. The highest BCUT2D eigenvalue weighted by atomic mass is 35.5. The van der Waals surface area contributed by atoms with E-state index in [1.165, 1.54) is 11.3 Å². The quantitative estimate of drug-likeness (QED) is 0.523. The van der Waals surface area contributed by atoms with E-state index in [1.807, 2.05) is 24.4 Å². The molecule has 3 aromatic rings. The fourth-order valence-electron chi connectivity index (χ4n) is 3.36. The first-order valence-electron chi connectivity index (χ1n) is 9.36. The summed E-state index contributed by atoms with van der Waals surface area (Å²) in [7, 11) is 3.09. The van der Waals surface area contributed by atoms with Crippen molar-refractivity contribution in [1.82, 2.24) is 0 Å².